The number of aromatic nitrogens is 1. The van der Waals surface area contributed by atoms with Gasteiger partial charge in [0.15, 0.2) is 0 Å². The Morgan fingerprint density at radius 1 is 1.00 bits per heavy atom. The lowest BCUT2D eigenvalue weighted by Crippen LogP contribution is -2.04. The fraction of sp³-hybridized carbons (Fsp3) is 0.100. The van der Waals surface area contributed by atoms with E-state index in [2.05, 4.69) is 41.2 Å². The third-order valence-corrected chi connectivity index (χ3v) is 4.84. The van der Waals surface area contributed by atoms with Crippen LogP contribution in [0.25, 0.3) is 11.1 Å². The maximum atomic E-state index is 6.25. The highest BCUT2D eigenvalue weighted by atomic mass is 32.2. The summed E-state index contributed by atoms with van der Waals surface area (Å²) in [4.78, 5) is 9.92. The molecule has 24 heavy (non-hydrogen) atoms. The predicted molar refractivity (Wildman–Crippen MR) is 103 cm³/mol. The fourth-order valence-electron chi connectivity index (χ4n) is 2.63. The Morgan fingerprint density at radius 2 is 1.62 bits per heavy atom. The third kappa shape index (κ3) is 3.34. The molecule has 0 unspecified atom stereocenters. The molecule has 0 aliphatic carbocycles. The zero-order valence-electron chi connectivity index (χ0n) is 13.7. The smallest absolute Gasteiger partial charge is 0.134 e. The van der Waals surface area contributed by atoms with Gasteiger partial charge in [-0.15, -0.1) is 0 Å². The highest BCUT2D eigenvalue weighted by Gasteiger charge is 2.16. The zero-order chi connectivity index (χ0) is 16.9. The van der Waals surface area contributed by atoms with Crippen molar-refractivity contribution in [1.29, 1.82) is 0 Å². The highest BCUT2D eigenvalue weighted by Crippen LogP contribution is 2.37. The van der Waals surface area contributed by atoms with Crippen molar-refractivity contribution in [2.45, 2.75) is 16.8 Å². The largest absolute Gasteiger partial charge is 0.383 e. The second-order valence-electron chi connectivity index (χ2n) is 5.38. The Balaban J connectivity index is 2.18. The summed E-state index contributed by atoms with van der Waals surface area (Å²) in [7, 11) is 1.75. The van der Waals surface area contributed by atoms with Gasteiger partial charge >= 0.3 is 0 Å². The number of hydrogen-bond acceptors (Lipinski definition) is 4. The lowest BCUT2D eigenvalue weighted by molar-refractivity contribution is 1.09. The molecular formula is C20H19N3S. The number of anilines is 1. The average molecular weight is 333 g/mol. The molecule has 0 aliphatic heterocycles. The van der Waals surface area contributed by atoms with E-state index < -0.39 is 0 Å². The molecule has 0 saturated heterocycles. The van der Waals surface area contributed by atoms with Gasteiger partial charge in [-0.1, -0.05) is 60.3 Å². The normalized spacial score (nSPS) is 11.1. The molecule has 1 heterocycles. The Morgan fingerprint density at radius 3 is 2.25 bits per heavy atom. The van der Waals surface area contributed by atoms with Gasteiger partial charge < -0.3 is 5.73 Å². The van der Waals surface area contributed by atoms with Crippen molar-refractivity contribution in [2.75, 3.05) is 12.8 Å². The molecule has 120 valence electrons. The second-order valence-corrected chi connectivity index (χ2v) is 6.45. The number of pyridine rings is 1. The fourth-order valence-corrected chi connectivity index (χ4v) is 3.54. The first-order chi connectivity index (χ1) is 11.7. The maximum Gasteiger partial charge on any atom is 0.134 e. The molecule has 2 N–H and O–H groups in total. The van der Waals surface area contributed by atoms with Crippen LogP contribution in [0.5, 0.6) is 0 Å². The first-order valence-electron chi connectivity index (χ1n) is 7.71. The summed E-state index contributed by atoms with van der Waals surface area (Å²) in [6.45, 7) is 2.09. The van der Waals surface area contributed by atoms with E-state index in [1.165, 1.54) is 0 Å². The van der Waals surface area contributed by atoms with Crippen LogP contribution in [-0.4, -0.2) is 18.2 Å². The second kappa shape index (κ2) is 7.32. The average Bonchev–Trinajstić information content (AvgIpc) is 2.61. The number of benzene rings is 2. The van der Waals surface area contributed by atoms with Gasteiger partial charge in [0.25, 0.3) is 0 Å². The minimum Gasteiger partial charge on any atom is -0.383 e. The summed E-state index contributed by atoms with van der Waals surface area (Å²) in [6, 6.07) is 20.5. The number of nitrogen functional groups attached to an aromatic ring is 1. The quantitative estimate of drug-likeness (QED) is 0.695. The zero-order valence-corrected chi connectivity index (χ0v) is 14.5. The summed E-state index contributed by atoms with van der Waals surface area (Å²) < 4.78 is 0. The Hall–Kier alpha value is -2.59. The summed E-state index contributed by atoms with van der Waals surface area (Å²) in [6.07, 6.45) is 1.79. The molecule has 0 bridgehead atoms. The molecule has 0 atom stereocenters. The molecule has 0 radical (unpaired) electrons. The molecule has 0 spiro atoms. The molecule has 0 amide bonds. The molecule has 0 aliphatic rings. The van der Waals surface area contributed by atoms with Crippen molar-refractivity contribution in [3.05, 3.63) is 71.8 Å². The number of hydrogen-bond donors (Lipinski definition) is 1. The molecule has 0 fully saturated rings. The van der Waals surface area contributed by atoms with Gasteiger partial charge in [0.1, 0.15) is 10.8 Å². The number of nitrogens with two attached hydrogens (primary N) is 1. The Labute approximate surface area is 146 Å². The van der Waals surface area contributed by atoms with E-state index in [1.807, 2.05) is 36.4 Å². The van der Waals surface area contributed by atoms with Crippen molar-refractivity contribution in [3.8, 4) is 11.1 Å². The minimum absolute atomic E-state index is 0.503. The lowest BCUT2D eigenvalue weighted by atomic mass is 9.97. The number of rotatable bonds is 4. The molecule has 1 aromatic heterocycles. The van der Waals surface area contributed by atoms with Crippen LogP contribution < -0.4 is 5.73 Å². The van der Waals surface area contributed by atoms with Crippen LogP contribution in [0.2, 0.25) is 0 Å². The van der Waals surface area contributed by atoms with Crippen LogP contribution >= 0.6 is 11.8 Å². The number of nitrogens with zero attached hydrogens (tertiary/aromatic N) is 2. The number of aliphatic imine (C=N–C) groups is 1. The van der Waals surface area contributed by atoms with Gasteiger partial charge in [-0.2, -0.15) is 0 Å². The highest BCUT2D eigenvalue weighted by molar-refractivity contribution is 7.99. The molecule has 3 nitrogen and oxygen atoms in total. The Kier molecular flexibility index (Phi) is 4.96. The van der Waals surface area contributed by atoms with Crippen molar-refractivity contribution < 1.29 is 0 Å². The van der Waals surface area contributed by atoms with Crippen LogP contribution in [0, 0.1) is 6.92 Å². The van der Waals surface area contributed by atoms with Crippen LogP contribution in [0.1, 0.15) is 11.1 Å². The summed E-state index contributed by atoms with van der Waals surface area (Å²) in [5, 5.41) is 0.922. The van der Waals surface area contributed by atoms with E-state index in [-0.39, 0.29) is 0 Å². The van der Waals surface area contributed by atoms with Gasteiger partial charge in [-0.25, -0.2) is 4.98 Å². The van der Waals surface area contributed by atoms with E-state index in [4.69, 9.17) is 5.73 Å². The van der Waals surface area contributed by atoms with E-state index in [9.17, 15) is 0 Å². The van der Waals surface area contributed by atoms with Crippen molar-refractivity contribution in [3.63, 3.8) is 0 Å². The van der Waals surface area contributed by atoms with E-state index in [1.54, 1.807) is 25.0 Å². The van der Waals surface area contributed by atoms with E-state index in [0.29, 0.717) is 5.82 Å². The Bertz CT molecular complexity index is 859. The summed E-state index contributed by atoms with van der Waals surface area (Å²) in [5.41, 5.74) is 10.4. The molecule has 4 heteroatoms. The topological polar surface area (TPSA) is 51.3 Å². The van der Waals surface area contributed by atoms with Crippen molar-refractivity contribution in [2.24, 2.45) is 4.99 Å². The standard InChI is InChI=1S/C20H19N3S/c1-14-18(15-9-5-3-6-10-15)17(13-22-2)19(21)23-20(14)24-16-11-7-4-8-12-16/h3-13H,1-2H3,(H2,21,23). The SMILES string of the molecule is CN=Cc1c(N)nc(Sc2ccccc2)c(C)c1-c1ccccc1. The first-order valence-corrected chi connectivity index (χ1v) is 8.53. The lowest BCUT2D eigenvalue weighted by Gasteiger charge is -2.16. The first kappa shape index (κ1) is 16.3. The van der Waals surface area contributed by atoms with Gasteiger partial charge in [0.2, 0.25) is 0 Å². The van der Waals surface area contributed by atoms with Crippen LogP contribution in [-0.2, 0) is 0 Å². The van der Waals surface area contributed by atoms with Crippen LogP contribution in [0.15, 0.2) is 75.6 Å². The van der Waals surface area contributed by atoms with Crippen LogP contribution in [0.4, 0.5) is 5.82 Å². The summed E-state index contributed by atoms with van der Waals surface area (Å²) >= 11 is 1.63. The summed E-state index contributed by atoms with van der Waals surface area (Å²) in [5.74, 6) is 0.503. The van der Waals surface area contributed by atoms with E-state index in [0.717, 1.165) is 32.2 Å². The van der Waals surface area contributed by atoms with Gasteiger partial charge in [-0.3, -0.25) is 4.99 Å². The predicted octanol–water partition coefficient (Wildman–Crippen LogP) is 4.84. The molecule has 0 saturated carbocycles. The van der Waals surface area contributed by atoms with Crippen molar-refractivity contribution in [1.82, 2.24) is 4.98 Å². The van der Waals surface area contributed by atoms with Crippen LogP contribution in [0.3, 0.4) is 0 Å². The maximum absolute atomic E-state index is 6.25. The van der Waals surface area contributed by atoms with E-state index >= 15 is 0 Å². The molecular weight excluding hydrogens is 314 g/mol. The van der Waals surface area contributed by atoms with Gasteiger partial charge in [0.05, 0.1) is 0 Å². The molecule has 3 aromatic rings. The third-order valence-electron chi connectivity index (χ3n) is 3.74. The van der Waals surface area contributed by atoms with Gasteiger partial charge in [-0.05, 0) is 35.7 Å². The van der Waals surface area contributed by atoms with Crippen molar-refractivity contribution >= 4 is 23.8 Å². The monoisotopic (exact) mass is 333 g/mol. The van der Waals surface area contributed by atoms with Gasteiger partial charge in [0, 0.05) is 23.7 Å². The molecule has 2 aromatic carbocycles. The minimum atomic E-state index is 0.503. The molecule has 3 rings (SSSR count).